The lowest BCUT2D eigenvalue weighted by Gasteiger charge is -2.25. The number of amides is 1. The molecule has 1 aromatic rings. The second-order valence-corrected chi connectivity index (χ2v) is 5.57. The number of unbranched alkanes of at least 4 members (excludes halogenated alkanes) is 1. The molecule has 1 atom stereocenters. The van der Waals surface area contributed by atoms with Gasteiger partial charge in [-0.3, -0.25) is 4.79 Å². The summed E-state index contributed by atoms with van der Waals surface area (Å²) < 4.78 is 0. The van der Waals surface area contributed by atoms with Crippen LogP contribution in [0.2, 0.25) is 5.02 Å². The van der Waals surface area contributed by atoms with Gasteiger partial charge < -0.3 is 15.2 Å². The van der Waals surface area contributed by atoms with Gasteiger partial charge in [0.2, 0.25) is 0 Å². The minimum absolute atomic E-state index is 0.0500. The van der Waals surface area contributed by atoms with Crippen molar-refractivity contribution in [2.24, 2.45) is 0 Å². The second-order valence-electron chi connectivity index (χ2n) is 5.13. The summed E-state index contributed by atoms with van der Waals surface area (Å²) in [5, 5.41) is 4.03. The van der Waals surface area contributed by atoms with E-state index in [0.717, 1.165) is 38.9 Å². The molecule has 2 heterocycles. The van der Waals surface area contributed by atoms with E-state index < -0.39 is 0 Å². The highest BCUT2D eigenvalue weighted by Crippen LogP contribution is 2.14. The summed E-state index contributed by atoms with van der Waals surface area (Å²) in [7, 11) is 0. The smallest absolute Gasteiger partial charge is 0.270 e. The van der Waals surface area contributed by atoms with Crippen LogP contribution in [0.1, 0.15) is 43.1 Å². The van der Waals surface area contributed by atoms with Crippen LogP contribution in [-0.2, 0) is 0 Å². The van der Waals surface area contributed by atoms with Crippen LogP contribution in [0.3, 0.4) is 0 Å². The van der Waals surface area contributed by atoms with Crippen LogP contribution in [0.4, 0.5) is 0 Å². The molecular formula is C14H22ClN3O. The molecule has 0 aromatic carbocycles. The Morgan fingerprint density at radius 1 is 1.58 bits per heavy atom. The molecule has 5 heteroatoms. The first-order chi connectivity index (χ1) is 9.20. The number of aromatic amines is 1. The first kappa shape index (κ1) is 14.4. The Morgan fingerprint density at radius 3 is 3.00 bits per heavy atom. The zero-order valence-corrected chi connectivity index (χ0v) is 12.2. The maximum absolute atomic E-state index is 12.5. The number of carbonyl (C=O) groups is 1. The number of H-pyrrole nitrogens is 1. The predicted octanol–water partition coefficient (Wildman–Crippen LogP) is 2.66. The highest BCUT2D eigenvalue weighted by atomic mass is 35.5. The van der Waals surface area contributed by atoms with E-state index in [-0.39, 0.29) is 5.91 Å². The van der Waals surface area contributed by atoms with Crippen molar-refractivity contribution in [2.45, 2.75) is 38.6 Å². The van der Waals surface area contributed by atoms with Crippen LogP contribution in [0.5, 0.6) is 0 Å². The van der Waals surface area contributed by atoms with Crippen LogP contribution < -0.4 is 5.32 Å². The van der Waals surface area contributed by atoms with Gasteiger partial charge in [0.15, 0.2) is 0 Å². The summed E-state index contributed by atoms with van der Waals surface area (Å²) in [5.41, 5.74) is 0.583. The third-order valence-electron chi connectivity index (χ3n) is 3.55. The SMILES string of the molecule is CCCCN(CC1CCCN1)C(=O)c1cc(Cl)c[nH]1. The highest BCUT2D eigenvalue weighted by Gasteiger charge is 2.22. The van der Waals surface area contributed by atoms with Crippen molar-refractivity contribution in [3.63, 3.8) is 0 Å². The molecule has 2 N–H and O–H groups in total. The van der Waals surface area contributed by atoms with Crippen LogP contribution in [0.15, 0.2) is 12.3 Å². The quantitative estimate of drug-likeness (QED) is 0.843. The fourth-order valence-electron chi connectivity index (χ4n) is 2.47. The molecule has 1 aliphatic rings. The minimum Gasteiger partial charge on any atom is -0.356 e. The third kappa shape index (κ3) is 3.98. The Bertz CT molecular complexity index is 413. The normalized spacial score (nSPS) is 18.7. The molecule has 1 fully saturated rings. The molecule has 2 rings (SSSR count). The lowest BCUT2D eigenvalue weighted by molar-refractivity contribution is 0.0734. The number of hydrogen-bond donors (Lipinski definition) is 2. The molecule has 106 valence electrons. The van der Waals surface area contributed by atoms with Gasteiger partial charge in [0.1, 0.15) is 5.69 Å². The molecule has 1 unspecified atom stereocenters. The lowest BCUT2D eigenvalue weighted by atomic mass is 10.2. The van der Waals surface area contributed by atoms with Gasteiger partial charge >= 0.3 is 0 Å². The Morgan fingerprint density at radius 2 is 2.42 bits per heavy atom. The Kier molecular flexibility index (Phi) is 5.28. The topological polar surface area (TPSA) is 48.1 Å². The van der Waals surface area contributed by atoms with E-state index in [9.17, 15) is 4.79 Å². The van der Waals surface area contributed by atoms with Gasteiger partial charge in [0.05, 0.1) is 5.02 Å². The molecule has 1 aliphatic heterocycles. The van der Waals surface area contributed by atoms with Crippen molar-refractivity contribution in [3.05, 3.63) is 23.0 Å². The van der Waals surface area contributed by atoms with Crippen molar-refractivity contribution in [2.75, 3.05) is 19.6 Å². The van der Waals surface area contributed by atoms with Crippen molar-refractivity contribution < 1.29 is 4.79 Å². The van der Waals surface area contributed by atoms with Crippen LogP contribution in [-0.4, -0.2) is 41.5 Å². The van der Waals surface area contributed by atoms with Crippen molar-refractivity contribution in [1.82, 2.24) is 15.2 Å². The summed E-state index contributed by atoms with van der Waals surface area (Å²) in [6, 6.07) is 2.14. The number of nitrogens with zero attached hydrogens (tertiary/aromatic N) is 1. The zero-order valence-electron chi connectivity index (χ0n) is 11.4. The van der Waals surface area contributed by atoms with E-state index in [1.165, 1.54) is 6.42 Å². The standard InChI is InChI=1S/C14H22ClN3O/c1-2-3-7-18(10-12-5-4-6-16-12)14(19)13-8-11(15)9-17-13/h8-9,12,16-17H,2-7,10H2,1H3. The number of aromatic nitrogens is 1. The summed E-state index contributed by atoms with van der Waals surface area (Å²) in [4.78, 5) is 17.3. The molecule has 0 bridgehead atoms. The maximum atomic E-state index is 12.5. The van der Waals surface area contributed by atoms with E-state index in [1.54, 1.807) is 12.3 Å². The minimum atomic E-state index is 0.0500. The molecule has 0 aliphatic carbocycles. The number of rotatable bonds is 6. The lowest BCUT2D eigenvalue weighted by Crippen LogP contribution is -2.41. The van der Waals surface area contributed by atoms with Crippen molar-refractivity contribution in [1.29, 1.82) is 0 Å². The molecule has 1 aromatic heterocycles. The Labute approximate surface area is 119 Å². The highest BCUT2D eigenvalue weighted by molar-refractivity contribution is 6.30. The van der Waals surface area contributed by atoms with E-state index in [1.807, 2.05) is 4.90 Å². The number of hydrogen-bond acceptors (Lipinski definition) is 2. The third-order valence-corrected chi connectivity index (χ3v) is 3.77. The molecule has 0 radical (unpaired) electrons. The summed E-state index contributed by atoms with van der Waals surface area (Å²) in [6.07, 6.45) is 6.14. The largest absolute Gasteiger partial charge is 0.356 e. The van der Waals surface area contributed by atoms with E-state index in [0.29, 0.717) is 16.8 Å². The molecule has 4 nitrogen and oxygen atoms in total. The summed E-state index contributed by atoms with van der Waals surface area (Å²) in [6.45, 7) is 4.80. The van der Waals surface area contributed by atoms with Gasteiger partial charge in [-0.2, -0.15) is 0 Å². The molecule has 0 spiro atoms. The second kappa shape index (κ2) is 6.96. The summed E-state index contributed by atoms with van der Waals surface area (Å²) in [5.74, 6) is 0.0500. The fourth-order valence-corrected chi connectivity index (χ4v) is 2.63. The molecule has 1 saturated heterocycles. The van der Waals surface area contributed by atoms with Crippen LogP contribution in [0.25, 0.3) is 0 Å². The monoisotopic (exact) mass is 283 g/mol. The number of carbonyl (C=O) groups excluding carboxylic acids is 1. The van der Waals surface area contributed by atoms with Gasteiger partial charge in [0, 0.05) is 25.3 Å². The summed E-state index contributed by atoms with van der Waals surface area (Å²) >= 11 is 5.87. The zero-order chi connectivity index (χ0) is 13.7. The Balaban J connectivity index is 2.00. The van der Waals surface area contributed by atoms with E-state index in [2.05, 4.69) is 17.2 Å². The molecule has 0 saturated carbocycles. The van der Waals surface area contributed by atoms with Gasteiger partial charge in [-0.1, -0.05) is 24.9 Å². The van der Waals surface area contributed by atoms with Gasteiger partial charge in [-0.25, -0.2) is 0 Å². The molecular weight excluding hydrogens is 262 g/mol. The number of nitrogens with one attached hydrogen (secondary N) is 2. The molecule has 19 heavy (non-hydrogen) atoms. The van der Waals surface area contributed by atoms with E-state index in [4.69, 9.17) is 11.6 Å². The predicted molar refractivity (Wildman–Crippen MR) is 77.6 cm³/mol. The van der Waals surface area contributed by atoms with Gasteiger partial charge in [0.25, 0.3) is 5.91 Å². The van der Waals surface area contributed by atoms with Gasteiger partial charge in [-0.05, 0) is 31.9 Å². The number of halogens is 1. The average molecular weight is 284 g/mol. The van der Waals surface area contributed by atoms with Crippen LogP contribution >= 0.6 is 11.6 Å². The molecule has 1 amide bonds. The maximum Gasteiger partial charge on any atom is 0.270 e. The first-order valence-corrected chi connectivity index (χ1v) is 7.45. The Hall–Kier alpha value is -1.00. The van der Waals surface area contributed by atoms with Crippen molar-refractivity contribution >= 4 is 17.5 Å². The van der Waals surface area contributed by atoms with Crippen LogP contribution in [0, 0.1) is 0 Å². The average Bonchev–Trinajstić information content (AvgIpc) is 3.05. The fraction of sp³-hybridized carbons (Fsp3) is 0.643. The van der Waals surface area contributed by atoms with E-state index >= 15 is 0 Å². The van der Waals surface area contributed by atoms with Gasteiger partial charge in [-0.15, -0.1) is 0 Å². The van der Waals surface area contributed by atoms with Crippen molar-refractivity contribution in [3.8, 4) is 0 Å². The first-order valence-electron chi connectivity index (χ1n) is 7.07.